The van der Waals surface area contributed by atoms with E-state index < -0.39 is 0 Å². The van der Waals surface area contributed by atoms with E-state index in [1.54, 1.807) is 12.5 Å². The van der Waals surface area contributed by atoms with Crippen molar-refractivity contribution in [2.45, 2.75) is 26.9 Å². The summed E-state index contributed by atoms with van der Waals surface area (Å²) >= 11 is 0. The second kappa shape index (κ2) is 7.60. The van der Waals surface area contributed by atoms with Crippen LogP contribution in [-0.4, -0.2) is 28.0 Å². The molecule has 0 saturated heterocycles. The van der Waals surface area contributed by atoms with Crippen LogP contribution in [0.4, 0.5) is 5.69 Å². The van der Waals surface area contributed by atoms with E-state index in [0.717, 1.165) is 31.9 Å². The molecule has 20 heavy (non-hydrogen) atoms. The van der Waals surface area contributed by atoms with Crippen LogP contribution in [0, 0.1) is 0 Å². The number of nitrogens with one attached hydrogen (secondary N) is 1. The molecule has 106 valence electrons. The maximum absolute atomic E-state index is 4.23. The fraction of sp³-hybridized carbons (Fsp3) is 0.375. The third kappa shape index (κ3) is 4.03. The van der Waals surface area contributed by atoms with Crippen LogP contribution >= 0.6 is 0 Å². The Labute approximate surface area is 120 Å². The van der Waals surface area contributed by atoms with Gasteiger partial charge in [-0.1, -0.05) is 32.0 Å². The maximum Gasteiger partial charge on any atom is 0.115 e. The van der Waals surface area contributed by atoms with Crippen LogP contribution in [0.1, 0.15) is 25.1 Å². The minimum atomic E-state index is 0.720. The first kappa shape index (κ1) is 14.5. The van der Waals surface area contributed by atoms with Crippen molar-refractivity contribution in [2.24, 2.45) is 0 Å². The van der Waals surface area contributed by atoms with Crippen molar-refractivity contribution in [3.63, 3.8) is 0 Å². The Morgan fingerprint density at radius 2 is 1.90 bits per heavy atom. The van der Waals surface area contributed by atoms with Crippen molar-refractivity contribution >= 4 is 5.69 Å². The molecule has 2 aromatic rings. The molecule has 0 atom stereocenters. The van der Waals surface area contributed by atoms with E-state index in [2.05, 4.69) is 58.3 Å². The summed E-state index contributed by atoms with van der Waals surface area (Å²) < 4.78 is 0. The van der Waals surface area contributed by atoms with Gasteiger partial charge < -0.3 is 5.32 Å². The smallest absolute Gasteiger partial charge is 0.115 e. The third-order valence-corrected chi connectivity index (χ3v) is 3.41. The number of aromatic nitrogens is 2. The SMILES string of the molecule is CCN(CC)Cc1ccccc1NCc1ccncn1. The molecule has 1 aromatic carbocycles. The lowest BCUT2D eigenvalue weighted by Gasteiger charge is -2.20. The summed E-state index contributed by atoms with van der Waals surface area (Å²) in [5, 5.41) is 3.47. The molecule has 2 rings (SSSR count). The summed E-state index contributed by atoms with van der Waals surface area (Å²) in [5.74, 6) is 0. The molecular formula is C16H22N4. The first-order chi connectivity index (χ1) is 9.83. The van der Waals surface area contributed by atoms with Crippen LogP contribution in [0.3, 0.4) is 0 Å². The highest BCUT2D eigenvalue weighted by atomic mass is 15.1. The molecule has 0 amide bonds. The second-order valence-corrected chi connectivity index (χ2v) is 4.67. The average Bonchev–Trinajstić information content (AvgIpc) is 2.52. The summed E-state index contributed by atoms with van der Waals surface area (Å²) in [7, 11) is 0. The Hall–Kier alpha value is -1.94. The summed E-state index contributed by atoms with van der Waals surface area (Å²) in [5.41, 5.74) is 3.50. The Bertz CT molecular complexity index is 509. The number of para-hydroxylation sites is 1. The maximum atomic E-state index is 4.23. The van der Waals surface area contributed by atoms with Gasteiger partial charge in [-0.3, -0.25) is 4.90 Å². The lowest BCUT2D eigenvalue weighted by atomic mass is 10.1. The van der Waals surface area contributed by atoms with Gasteiger partial charge in [-0.2, -0.15) is 0 Å². The van der Waals surface area contributed by atoms with Crippen molar-refractivity contribution in [1.29, 1.82) is 0 Å². The van der Waals surface area contributed by atoms with Gasteiger partial charge in [0.05, 0.1) is 12.2 Å². The fourth-order valence-electron chi connectivity index (χ4n) is 2.13. The van der Waals surface area contributed by atoms with Crippen LogP contribution in [-0.2, 0) is 13.1 Å². The van der Waals surface area contributed by atoms with Gasteiger partial charge in [0.25, 0.3) is 0 Å². The molecule has 0 radical (unpaired) electrons. The van der Waals surface area contributed by atoms with Gasteiger partial charge in [-0.05, 0) is 30.8 Å². The molecule has 4 nitrogen and oxygen atoms in total. The van der Waals surface area contributed by atoms with Crippen molar-refractivity contribution in [1.82, 2.24) is 14.9 Å². The molecule has 1 aromatic heterocycles. The van der Waals surface area contributed by atoms with E-state index in [4.69, 9.17) is 0 Å². The monoisotopic (exact) mass is 270 g/mol. The molecule has 0 bridgehead atoms. The standard InChI is InChI=1S/C16H22N4/c1-3-20(4-2)12-14-7-5-6-8-16(14)18-11-15-9-10-17-13-19-15/h5-10,13,18H,3-4,11-12H2,1-2H3. The molecule has 0 fully saturated rings. The zero-order valence-corrected chi connectivity index (χ0v) is 12.2. The largest absolute Gasteiger partial charge is 0.379 e. The molecule has 1 N–H and O–H groups in total. The minimum absolute atomic E-state index is 0.720. The quantitative estimate of drug-likeness (QED) is 0.840. The number of nitrogens with zero attached hydrogens (tertiary/aromatic N) is 3. The number of benzene rings is 1. The van der Waals surface area contributed by atoms with Crippen LogP contribution < -0.4 is 5.32 Å². The highest BCUT2D eigenvalue weighted by Gasteiger charge is 2.06. The molecule has 4 heteroatoms. The van der Waals surface area contributed by atoms with Crippen molar-refractivity contribution in [3.05, 3.63) is 54.1 Å². The molecule has 0 aliphatic rings. The average molecular weight is 270 g/mol. The van der Waals surface area contributed by atoms with E-state index in [9.17, 15) is 0 Å². The van der Waals surface area contributed by atoms with Gasteiger partial charge in [-0.15, -0.1) is 0 Å². The zero-order chi connectivity index (χ0) is 14.2. The van der Waals surface area contributed by atoms with Crippen LogP contribution in [0.25, 0.3) is 0 Å². The van der Waals surface area contributed by atoms with Crippen molar-refractivity contribution < 1.29 is 0 Å². The summed E-state index contributed by atoms with van der Waals surface area (Å²) in [6.45, 7) is 8.21. The van der Waals surface area contributed by atoms with Gasteiger partial charge in [0.1, 0.15) is 6.33 Å². The van der Waals surface area contributed by atoms with Crippen LogP contribution in [0.2, 0.25) is 0 Å². The summed E-state index contributed by atoms with van der Waals surface area (Å²) in [6, 6.07) is 10.4. The van der Waals surface area contributed by atoms with Gasteiger partial charge in [0, 0.05) is 18.4 Å². The Balaban J connectivity index is 2.04. The first-order valence-electron chi connectivity index (χ1n) is 7.12. The van der Waals surface area contributed by atoms with Crippen molar-refractivity contribution in [2.75, 3.05) is 18.4 Å². The summed E-state index contributed by atoms with van der Waals surface area (Å²) in [6.07, 6.45) is 3.35. The van der Waals surface area contributed by atoms with Crippen LogP contribution in [0.5, 0.6) is 0 Å². The number of rotatable bonds is 7. The van der Waals surface area contributed by atoms with Gasteiger partial charge in [0.15, 0.2) is 0 Å². The van der Waals surface area contributed by atoms with Gasteiger partial charge in [-0.25, -0.2) is 9.97 Å². The Kier molecular flexibility index (Phi) is 5.50. The second-order valence-electron chi connectivity index (χ2n) is 4.67. The number of hydrogen-bond acceptors (Lipinski definition) is 4. The predicted molar refractivity (Wildman–Crippen MR) is 82.4 cm³/mol. The van der Waals surface area contributed by atoms with Crippen molar-refractivity contribution in [3.8, 4) is 0 Å². The fourth-order valence-corrected chi connectivity index (χ4v) is 2.13. The highest BCUT2D eigenvalue weighted by Crippen LogP contribution is 2.17. The summed E-state index contributed by atoms with van der Waals surface area (Å²) in [4.78, 5) is 10.6. The van der Waals surface area contributed by atoms with Gasteiger partial charge in [0.2, 0.25) is 0 Å². The topological polar surface area (TPSA) is 41.0 Å². The highest BCUT2D eigenvalue weighted by molar-refractivity contribution is 5.51. The molecule has 0 aliphatic heterocycles. The molecule has 1 heterocycles. The lowest BCUT2D eigenvalue weighted by molar-refractivity contribution is 0.296. The zero-order valence-electron chi connectivity index (χ0n) is 12.2. The number of anilines is 1. The van der Waals surface area contributed by atoms with Crippen LogP contribution in [0.15, 0.2) is 42.9 Å². The lowest BCUT2D eigenvalue weighted by Crippen LogP contribution is -2.22. The van der Waals surface area contributed by atoms with E-state index in [-0.39, 0.29) is 0 Å². The minimum Gasteiger partial charge on any atom is -0.379 e. The number of hydrogen-bond donors (Lipinski definition) is 1. The normalized spacial score (nSPS) is 10.8. The molecular weight excluding hydrogens is 248 g/mol. The Morgan fingerprint density at radius 1 is 1.10 bits per heavy atom. The van der Waals surface area contributed by atoms with Gasteiger partial charge >= 0.3 is 0 Å². The van der Waals surface area contributed by atoms with E-state index in [1.165, 1.54) is 11.3 Å². The van der Waals surface area contributed by atoms with E-state index >= 15 is 0 Å². The van der Waals surface area contributed by atoms with E-state index in [0.29, 0.717) is 0 Å². The molecule has 0 saturated carbocycles. The third-order valence-electron chi connectivity index (χ3n) is 3.41. The molecule has 0 spiro atoms. The van der Waals surface area contributed by atoms with E-state index in [1.807, 2.05) is 6.07 Å². The predicted octanol–water partition coefficient (Wildman–Crippen LogP) is 2.93. The molecule has 0 unspecified atom stereocenters. The Morgan fingerprint density at radius 3 is 2.60 bits per heavy atom. The first-order valence-corrected chi connectivity index (χ1v) is 7.12. The molecule has 0 aliphatic carbocycles.